The zero-order chi connectivity index (χ0) is 12.7. The van der Waals surface area contributed by atoms with Crippen molar-refractivity contribution in [1.29, 1.82) is 0 Å². The molecule has 0 amide bonds. The molecule has 6 heteroatoms. The van der Waals surface area contributed by atoms with Crippen molar-refractivity contribution < 1.29 is 5.11 Å². The minimum atomic E-state index is 0.129. The van der Waals surface area contributed by atoms with E-state index in [-0.39, 0.29) is 11.0 Å². The Morgan fingerprint density at radius 2 is 2.06 bits per heavy atom. The van der Waals surface area contributed by atoms with Gasteiger partial charge in [0.05, 0.1) is 16.9 Å². The molecule has 0 saturated heterocycles. The number of rotatable bonds is 1. The van der Waals surface area contributed by atoms with Crippen molar-refractivity contribution in [3.8, 4) is 17.0 Å². The highest BCUT2D eigenvalue weighted by Gasteiger charge is 2.12. The van der Waals surface area contributed by atoms with Crippen LogP contribution in [0.2, 0.25) is 10.3 Å². The van der Waals surface area contributed by atoms with E-state index in [1.807, 2.05) is 0 Å². The number of H-pyrrole nitrogens is 1. The van der Waals surface area contributed by atoms with Gasteiger partial charge < -0.3 is 10.1 Å². The molecule has 90 valence electrons. The van der Waals surface area contributed by atoms with Crippen molar-refractivity contribution in [1.82, 2.24) is 15.0 Å². The van der Waals surface area contributed by atoms with Gasteiger partial charge in [0.15, 0.2) is 0 Å². The van der Waals surface area contributed by atoms with E-state index in [0.29, 0.717) is 10.7 Å². The van der Waals surface area contributed by atoms with E-state index in [0.717, 1.165) is 16.5 Å². The van der Waals surface area contributed by atoms with E-state index >= 15 is 0 Å². The van der Waals surface area contributed by atoms with E-state index in [1.165, 1.54) is 6.20 Å². The smallest absolute Gasteiger partial charge is 0.222 e. The van der Waals surface area contributed by atoms with Crippen LogP contribution in [-0.2, 0) is 0 Å². The molecule has 1 aromatic carbocycles. The van der Waals surface area contributed by atoms with Gasteiger partial charge in [0, 0.05) is 22.7 Å². The molecule has 18 heavy (non-hydrogen) atoms. The second kappa shape index (κ2) is 4.15. The highest BCUT2D eigenvalue weighted by atomic mass is 35.5. The third kappa shape index (κ3) is 1.79. The van der Waals surface area contributed by atoms with Crippen molar-refractivity contribution in [2.75, 3.05) is 0 Å². The van der Waals surface area contributed by atoms with Crippen LogP contribution >= 0.6 is 23.2 Å². The minimum absolute atomic E-state index is 0.129. The number of aromatic amines is 1. The number of halogens is 2. The van der Waals surface area contributed by atoms with Gasteiger partial charge >= 0.3 is 0 Å². The van der Waals surface area contributed by atoms with Crippen molar-refractivity contribution in [2.24, 2.45) is 0 Å². The summed E-state index contributed by atoms with van der Waals surface area (Å²) in [6, 6.07) is 5.04. The van der Waals surface area contributed by atoms with Gasteiger partial charge in [0.2, 0.25) is 5.28 Å². The molecular weight excluding hydrogens is 273 g/mol. The predicted octanol–water partition coefficient (Wildman–Crippen LogP) is 3.64. The second-order valence-corrected chi connectivity index (χ2v) is 4.51. The van der Waals surface area contributed by atoms with Crippen LogP contribution in [0.4, 0.5) is 0 Å². The first kappa shape index (κ1) is 11.3. The number of aromatic nitrogens is 3. The van der Waals surface area contributed by atoms with Gasteiger partial charge in [-0.15, -0.1) is 0 Å². The summed E-state index contributed by atoms with van der Waals surface area (Å²) in [7, 11) is 0. The maximum Gasteiger partial charge on any atom is 0.222 e. The summed E-state index contributed by atoms with van der Waals surface area (Å²) in [6.07, 6.45) is 3.22. The minimum Gasteiger partial charge on any atom is -0.508 e. The zero-order valence-corrected chi connectivity index (χ0v) is 10.5. The highest BCUT2D eigenvalue weighted by Crippen LogP contribution is 2.33. The normalized spacial score (nSPS) is 11.0. The van der Waals surface area contributed by atoms with Crippen molar-refractivity contribution in [2.45, 2.75) is 0 Å². The Labute approximate surface area is 112 Å². The lowest BCUT2D eigenvalue weighted by Crippen LogP contribution is -1.87. The first-order valence-electron chi connectivity index (χ1n) is 5.13. The molecule has 0 radical (unpaired) electrons. The summed E-state index contributed by atoms with van der Waals surface area (Å²) in [6.45, 7) is 0. The molecule has 2 heterocycles. The molecule has 3 aromatic rings. The molecule has 0 aliphatic carbocycles. The number of hydrogen-bond donors (Lipinski definition) is 2. The third-order valence-electron chi connectivity index (χ3n) is 2.64. The number of nitrogens with one attached hydrogen (secondary N) is 1. The molecule has 0 aliphatic rings. The lowest BCUT2D eigenvalue weighted by molar-refractivity contribution is 0.476. The summed E-state index contributed by atoms with van der Waals surface area (Å²) < 4.78 is 0. The molecule has 0 fully saturated rings. The first-order valence-corrected chi connectivity index (χ1v) is 5.89. The van der Waals surface area contributed by atoms with Crippen LogP contribution in [0.3, 0.4) is 0 Å². The Kier molecular flexibility index (Phi) is 2.61. The zero-order valence-electron chi connectivity index (χ0n) is 8.98. The molecule has 3 rings (SSSR count). The van der Waals surface area contributed by atoms with Gasteiger partial charge in [0.1, 0.15) is 5.75 Å². The lowest BCUT2D eigenvalue weighted by atomic mass is 10.1. The number of fused-ring (bicyclic) bond motifs is 1. The van der Waals surface area contributed by atoms with Crippen molar-refractivity contribution in [3.05, 3.63) is 40.9 Å². The maximum atomic E-state index is 9.54. The Balaban J connectivity index is 2.31. The third-order valence-corrected chi connectivity index (χ3v) is 3.09. The molecule has 2 aromatic heterocycles. The number of aromatic hydroxyl groups is 1. The Hall–Kier alpha value is -1.78. The number of hydrogen-bond acceptors (Lipinski definition) is 3. The van der Waals surface area contributed by atoms with E-state index in [2.05, 4.69) is 15.0 Å². The van der Waals surface area contributed by atoms with Crippen molar-refractivity contribution in [3.63, 3.8) is 0 Å². The maximum absolute atomic E-state index is 9.54. The average molecular weight is 280 g/mol. The Morgan fingerprint density at radius 3 is 2.89 bits per heavy atom. The fraction of sp³-hybridized carbons (Fsp3) is 0. The summed E-state index contributed by atoms with van der Waals surface area (Å²) >= 11 is 11.8. The van der Waals surface area contributed by atoms with Crippen LogP contribution in [0.25, 0.3) is 22.2 Å². The quantitative estimate of drug-likeness (QED) is 0.669. The summed E-state index contributed by atoms with van der Waals surface area (Å²) in [5, 5.41) is 10.9. The molecule has 0 spiro atoms. The molecule has 0 unspecified atom stereocenters. The van der Waals surface area contributed by atoms with Crippen molar-refractivity contribution >= 4 is 34.1 Å². The van der Waals surface area contributed by atoms with Crippen LogP contribution < -0.4 is 0 Å². The van der Waals surface area contributed by atoms with Gasteiger partial charge in [-0.3, -0.25) is 0 Å². The van der Waals surface area contributed by atoms with E-state index in [4.69, 9.17) is 23.2 Å². The SMILES string of the molecule is Oc1ccc2[nH]cc(-c3nc(Cl)ncc3Cl)c2c1. The van der Waals surface area contributed by atoms with E-state index in [9.17, 15) is 5.11 Å². The Bertz CT molecular complexity index is 739. The average Bonchev–Trinajstić information content (AvgIpc) is 2.75. The monoisotopic (exact) mass is 279 g/mol. The summed E-state index contributed by atoms with van der Waals surface area (Å²) in [5.74, 6) is 0.180. The molecule has 0 saturated carbocycles. The lowest BCUT2D eigenvalue weighted by Gasteiger charge is -2.02. The van der Waals surface area contributed by atoms with Crippen LogP contribution in [-0.4, -0.2) is 20.1 Å². The topological polar surface area (TPSA) is 61.8 Å². The predicted molar refractivity (Wildman–Crippen MR) is 71.0 cm³/mol. The largest absolute Gasteiger partial charge is 0.508 e. The van der Waals surface area contributed by atoms with Crippen LogP contribution in [0.15, 0.2) is 30.6 Å². The van der Waals surface area contributed by atoms with Crippen LogP contribution in [0, 0.1) is 0 Å². The van der Waals surface area contributed by atoms with Gasteiger partial charge in [-0.1, -0.05) is 11.6 Å². The molecule has 0 atom stereocenters. The fourth-order valence-electron chi connectivity index (χ4n) is 1.84. The van der Waals surface area contributed by atoms with Gasteiger partial charge in [-0.25, -0.2) is 9.97 Å². The molecule has 0 bridgehead atoms. The number of phenols is 1. The number of phenolic OH excluding ortho intramolecular Hbond substituents is 1. The van der Waals surface area contributed by atoms with E-state index < -0.39 is 0 Å². The standard InChI is InChI=1S/C12H7Cl2N3O/c13-9-5-16-12(14)17-11(9)8-4-15-10-2-1-6(18)3-7(8)10/h1-5,15,18H. The summed E-state index contributed by atoms with van der Waals surface area (Å²) in [5.41, 5.74) is 2.19. The van der Waals surface area contributed by atoms with E-state index in [1.54, 1.807) is 24.4 Å². The fourth-order valence-corrected chi connectivity index (χ4v) is 2.17. The number of benzene rings is 1. The van der Waals surface area contributed by atoms with Crippen LogP contribution in [0.5, 0.6) is 5.75 Å². The summed E-state index contributed by atoms with van der Waals surface area (Å²) in [4.78, 5) is 11.0. The molecule has 0 aliphatic heterocycles. The Morgan fingerprint density at radius 1 is 1.22 bits per heavy atom. The highest BCUT2D eigenvalue weighted by molar-refractivity contribution is 6.34. The molecule has 2 N–H and O–H groups in total. The van der Waals surface area contributed by atoms with Crippen LogP contribution in [0.1, 0.15) is 0 Å². The van der Waals surface area contributed by atoms with Gasteiger partial charge in [0.25, 0.3) is 0 Å². The molecule has 4 nitrogen and oxygen atoms in total. The first-order chi connectivity index (χ1) is 8.65. The second-order valence-electron chi connectivity index (χ2n) is 3.77. The number of nitrogens with zero attached hydrogens (tertiary/aromatic N) is 2. The van der Waals surface area contributed by atoms with Gasteiger partial charge in [-0.05, 0) is 29.8 Å². The molecular formula is C12H7Cl2N3O. The van der Waals surface area contributed by atoms with Gasteiger partial charge in [-0.2, -0.15) is 0 Å².